The second kappa shape index (κ2) is 17.2. The number of hydrogen-bond acceptors (Lipinski definition) is 2. The number of rotatable bonds is 17. The van der Waals surface area contributed by atoms with Crippen LogP contribution in [0.3, 0.4) is 0 Å². The van der Waals surface area contributed by atoms with E-state index in [1.165, 1.54) is 154 Å². The Hall–Kier alpha value is -0.530. The third-order valence-corrected chi connectivity index (χ3v) is 11.2. The largest absolute Gasteiger partial charge is 0.465 e. The highest BCUT2D eigenvalue weighted by molar-refractivity contribution is 5.78. The van der Waals surface area contributed by atoms with Gasteiger partial charge in [-0.3, -0.25) is 4.79 Å². The molecule has 0 N–H and O–H groups in total. The zero-order valence-corrected chi connectivity index (χ0v) is 25.3. The smallest absolute Gasteiger partial charge is 0.312 e. The molecule has 0 aromatic heterocycles. The fourth-order valence-electron chi connectivity index (χ4n) is 8.77. The molecule has 0 radical (unpaired) electrons. The molecule has 0 aromatic rings. The quantitative estimate of drug-likeness (QED) is 0.142. The van der Waals surface area contributed by atoms with E-state index in [1.807, 2.05) is 0 Å². The number of carbonyl (C=O) groups is 1. The van der Waals surface area contributed by atoms with Gasteiger partial charge in [-0.2, -0.15) is 0 Å². The van der Waals surface area contributed by atoms with Gasteiger partial charge in [0.1, 0.15) is 0 Å². The molecule has 0 saturated heterocycles. The average Bonchev–Trinajstić information content (AvgIpc) is 2.95. The van der Waals surface area contributed by atoms with Gasteiger partial charge in [0.15, 0.2) is 0 Å². The lowest BCUT2D eigenvalue weighted by Gasteiger charge is -2.55. The van der Waals surface area contributed by atoms with Gasteiger partial charge in [-0.1, -0.05) is 136 Å². The summed E-state index contributed by atoms with van der Waals surface area (Å²) < 4.78 is 6.24. The lowest BCUT2D eigenvalue weighted by molar-refractivity contribution is -0.175. The van der Waals surface area contributed by atoms with E-state index < -0.39 is 0 Å². The first-order valence-electron chi connectivity index (χ1n) is 17.3. The summed E-state index contributed by atoms with van der Waals surface area (Å²) in [6.07, 6.45) is 35.6. The Bertz CT molecular complexity index is 590. The van der Waals surface area contributed by atoms with Crippen molar-refractivity contribution in [3.05, 3.63) is 0 Å². The number of carbonyl (C=O) groups excluding carboxylic acids is 1. The van der Waals surface area contributed by atoms with Crippen LogP contribution in [0.15, 0.2) is 0 Å². The molecular formula is C35H64O2. The molecule has 37 heavy (non-hydrogen) atoms. The van der Waals surface area contributed by atoms with Gasteiger partial charge in [0.2, 0.25) is 0 Å². The first-order chi connectivity index (χ1) is 18.2. The predicted octanol–water partition coefficient (Wildman–Crippen LogP) is 11.3. The fraction of sp³-hybridized carbons (Fsp3) is 0.971. The molecule has 0 amide bonds. The Balaban J connectivity index is 1.63. The van der Waals surface area contributed by atoms with E-state index in [2.05, 4.69) is 13.8 Å². The Kier molecular flexibility index (Phi) is 14.4. The van der Waals surface area contributed by atoms with Crippen LogP contribution in [0.4, 0.5) is 0 Å². The van der Waals surface area contributed by atoms with Gasteiger partial charge < -0.3 is 4.74 Å². The maximum absolute atomic E-state index is 14.1. The maximum Gasteiger partial charge on any atom is 0.312 e. The molecule has 2 heteroatoms. The highest BCUT2D eigenvalue weighted by Gasteiger charge is 2.57. The summed E-state index contributed by atoms with van der Waals surface area (Å²) in [4.78, 5) is 14.1. The van der Waals surface area contributed by atoms with Crippen LogP contribution in [0, 0.1) is 22.7 Å². The normalized spacial score (nSPS) is 26.7. The van der Waals surface area contributed by atoms with Gasteiger partial charge in [0.05, 0.1) is 12.0 Å². The van der Waals surface area contributed by atoms with Crippen molar-refractivity contribution in [1.29, 1.82) is 0 Å². The lowest BCUT2D eigenvalue weighted by Crippen LogP contribution is -2.52. The Labute approximate surface area is 231 Å². The topological polar surface area (TPSA) is 26.3 Å². The molecule has 0 aliphatic heterocycles. The van der Waals surface area contributed by atoms with Crippen molar-refractivity contribution in [3.8, 4) is 0 Å². The van der Waals surface area contributed by atoms with E-state index in [0.717, 1.165) is 31.1 Å². The van der Waals surface area contributed by atoms with Crippen molar-refractivity contribution < 1.29 is 9.53 Å². The minimum atomic E-state index is -0.186. The molecule has 0 bridgehead atoms. The maximum atomic E-state index is 14.1. The molecule has 216 valence electrons. The number of esters is 1. The minimum Gasteiger partial charge on any atom is -0.465 e. The van der Waals surface area contributed by atoms with Gasteiger partial charge in [-0.25, -0.2) is 0 Å². The van der Waals surface area contributed by atoms with Crippen molar-refractivity contribution in [2.24, 2.45) is 22.7 Å². The molecule has 3 rings (SSSR count). The predicted molar refractivity (Wildman–Crippen MR) is 159 cm³/mol. The van der Waals surface area contributed by atoms with E-state index in [-0.39, 0.29) is 16.8 Å². The van der Waals surface area contributed by atoms with Gasteiger partial charge in [-0.05, 0) is 68.6 Å². The fourth-order valence-corrected chi connectivity index (χ4v) is 8.77. The molecular weight excluding hydrogens is 452 g/mol. The van der Waals surface area contributed by atoms with Crippen LogP contribution >= 0.6 is 0 Å². The van der Waals surface area contributed by atoms with E-state index in [0.29, 0.717) is 6.61 Å². The monoisotopic (exact) mass is 516 g/mol. The van der Waals surface area contributed by atoms with Crippen molar-refractivity contribution in [1.82, 2.24) is 0 Å². The molecule has 2 nitrogen and oxygen atoms in total. The van der Waals surface area contributed by atoms with Crippen LogP contribution < -0.4 is 0 Å². The SMILES string of the molecule is CCCCCCCCCOC(=O)C1([C@]2(CCCCCCC)CC[C@H](C3CCCCC3)CC2)CCCCC1. The number of hydrogen-bond donors (Lipinski definition) is 0. The standard InChI is InChI=1S/C35H64O2/c1-3-5-7-9-10-12-20-30-37-33(36)35(26-18-14-19-27-35)34(25-17-11-8-6-4-2)28-23-32(24-29-34)31-21-15-13-16-22-31/h31-32H,3-30H2,1-2H3/t32-,34+. The van der Waals surface area contributed by atoms with Gasteiger partial charge in [-0.15, -0.1) is 0 Å². The first kappa shape index (κ1) is 31.0. The zero-order valence-electron chi connectivity index (χ0n) is 25.3. The summed E-state index contributed by atoms with van der Waals surface area (Å²) in [6.45, 7) is 5.25. The Morgan fingerprint density at radius 3 is 1.73 bits per heavy atom. The van der Waals surface area contributed by atoms with E-state index >= 15 is 0 Å². The van der Waals surface area contributed by atoms with Crippen LogP contribution in [-0.2, 0) is 9.53 Å². The lowest BCUT2D eigenvalue weighted by atomic mass is 9.49. The number of unbranched alkanes of at least 4 members (excludes halogenated alkanes) is 10. The molecule has 0 heterocycles. The van der Waals surface area contributed by atoms with Crippen molar-refractivity contribution in [3.63, 3.8) is 0 Å². The molecule has 0 aromatic carbocycles. The summed E-state index contributed by atoms with van der Waals surface area (Å²) >= 11 is 0. The Morgan fingerprint density at radius 1 is 0.595 bits per heavy atom. The third-order valence-electron chi connectivity index (χ3n) is 11.2. The van der Waals surface area contributed by atoms with Crippen LogP contribution in [0.5, 0.6) is 0 Å². The zero-order chi connectivity index (χ0) is 26.2. The molecule has 3 aliphatic rings. The minimum absolute atomic E-state index is 0.186. The first-order valence-corrected chi connectivity index (χ1v) is 17.3. The molecule has 0 atom stereocenters. The van der Waals surface area contributed by atoms with Crippen LogP contribution in [-0.4, -0.2) is 12.6 Å². The van der Waals surface area contributed by atoms with Crippen molar-refractivity contribution in [2.45, 2.75) is 187 Å². The second-order valence-corrected chi connectivity index (χ2v) is 13.6. The summed E-state index contributed by atoms with van der Waals surface area (Å²) in [5.41, 5.74) is 0.0245. The van der Waals surface area contributed by atoms with E-state index in [9.17, 15) is 4.79 Å². The molecule has 0 spiro atoms. The van der Waals surface area contributed by atoms with Crippen LogP contribution in [0.2, 0.25) is 0 Å². The van der Waals surface area contributed by atoms with E-state index in [1.54, 1.807) is 0 Å². The van der Waals surface area contributed by atoms with E-state index in [4.69, 9.17) is 4.74 Å². The van der Waals surface area contributed by atoms with Crippen molar-refractivity contribution in [2.75, 3.05) is 6.61 Å². The van der Waals surface area contributed by atoms with Gasteiger partial charge in [0, 0.05) is 0 Å². The summed E-state index contributed by atoms with van der Waals surface area (Å²) in [6, 6.07) is 0. The Morgan fingerprint density at radius 2 is 1.11 bits per heavy atom. The van der Waals surface area contributed by atoms with Crippen LogP contribution in [0.1, 0.15) is 187 Å². The highest BCUT2D eigenvalue weighted by atomic mass is 16.5. The summed E-state index contributed by atoms with van der Waals surface area (Å²) in [7, 11) is 0. The second-order valence-electron chi connectivity index (χ2n) is 13.6. The number of ether oxygens (including phenoxy) is 1. The molecule has 0 unspecified atom stereocenters. The van der Waals surface area contributed by atoms with Gasteiger partial charge in [0.25, 0.3) is 0 Å². The molecule has 3 saturated carbocycles. The highest BCUT2D eigenvalue weighted by Crippen LogP contribution is 2.61. The summed E-state index contributed by atoms with van der Waals surface area (Å²) in [5, 5.41) is 0. The van der Waals surface area contributed by atoms with Crippen LogP contribution in [0.25, 0.3) is 0 Å². The summed E-state index contributed by atoms with van der Waals surface area (Å²) in [5.74, 6) is 2.13. The van der Waals surface area contributed by atoms with Crippen molar-refractivity contribution >= 4 is 5.97 Å². The van der Waals surface area contributed by atoms with Gasteiger partial charge >= 0.3 is 5.97 Å². The average molecular weight is 517 g/mol. The molecule has 3 aliphatic carbocycles. The molecule has 3 fully saturated rings. The third kappa shape index (κ3) is 8.99.